The van der Waals surface area contributed by atoms with Gasteiger partial charge in [-0.15, -0.1) is 0 Å². The quantitative estimate of drug-likeness (QED) is 0.441. The average Bonchev–Trinajstić information content (AvgIpc) is 2.74. The first-order valence-corrected chi connectivity index (χ1v) is 12.9. The number of hydrogen-bond donors (Lipinski definition) is 3. The van der Waals surface area contributed by atoms with Gasteiger partial charge < -0.3 is 5.11 Å². The van der Waals surface area contributed by atoms with Crippen molar-refractivity contribution in [3.05, 3.63) is 89.5 Å². The molecule has 0 saturated heterocycles. The third-order valence-electron chi connectivity index (χ3n) is 4.92. The van der Waals surface area contributed by atoms with Gasteiger partial charge in [0.15, 0.2) is 0 Å². The lowest BCUT2D eigenvalue weighted by atomic mass is 10.1. The average molecular weight is 475 g/mol. The van der Waals surface area contributed by atoms with Crippen LogP contribution in [0.15, 0.2) is 82.6 Å². The van der Waals surface area contributed by atoms with Crippen molar-refractivity contribution in [1.29, 1.82) is 0 Å². The van der Waals surface area contributed by atoms with Gasteiger partial charge in [0.1, 0.15) is 5.75 Å². The van der Waals surface area contributed by atoms with E-state index in [0.717, 1.165) is 16.7 Å². The Hall–Kier alpha value is -2.72. The first-order valence-electron chi connectivity index (χ1n) is 9.98. The maximum absolute atomic E-state index is 12.9. The molecule has 9 heteroatoms. The first kappa shape index (κ1) is 23.9. The summed E-state index contributed by atoms with van der Waals surface area (Å²) in [7, 11) is -7.70. The Morgan fingerprint density at radius 1 is 0.719 bits per heavy atom. The van der Waals surface area contributed by atoms with Gasteiger partial charge in [-0.05, 0) is 62.2 Å². The molecule has 0 amide bonds. The van der Waals surface area contributed by atoms with Crippen LogP contribution < -0.4 is 9.44 Å². The predicted molar refractivity (Wildman–Crippen MR) is 123 cm³/mol. The van der Waals surface area contributed by atoms with Gasteiger partial charge in [0.25, 0.3) is 0 Å². The van der Waals surface area contributed by atoms with Gasteiger partial charge in [0.05, 0.1) is 9.79 Å². The van der Waals surface area contributed by atoms with Crippen molar-refractivity contribution in [3.8, 4) is 5.75 Å². The molecule has 1 atom stereocenters. The first-order chi connectivity index (χ1) is 15.0. The highest BCUT2D eigenvalue weighted by Gasteiger charge is 2.23. The second-order valence-corrected chi connectivity index (χ2v) is 11.1. The lowest BCUT2D eigenvalue weighted by Crippen LogP contribution is -2.44. The Kier molecular flexibility index (Phi) is 7.35. The van der Waals surface area contributed by atoms with Crippen LogP contribution >= 0.6 is 0 Å². The Labute approximate surface area is 189 Å². The van der Waals surface area contributed by atoms with E-state index in [-0.39, 0.29) is 28.5 Å². The van der Waals surface area contributed by atoms with Crippen LogP contribution in [0.25, 0.3) is 0 Å². The van der Waals surface area contributed by atoms with E-state index in [2.05, 4.69) is 9.44 Å². The van der Waals surface area contributed by atoms with E-state index >= 15 is 0 Å². The van der Waals surface area contributed by atoms with Crippen molar-refractivity contribution in [2.75, 3.05) is 6.54 Å². The van der Waals surface area contributed by atoms with Gasteiger partial charge >= 0.3 is 0 Å². The number of nitrogens with one attached hydrogen (secondary N) is 2. The molecule has 0 aliphatic carbocycles. The molecule has 3 aromatic carbocycles. The van der Waals surface area contributed by atoms with Crippen molar-refractivity contribution >= 4 is 20.0 Å². The minimum atomic E-state index is -3.88. The van der Waals surface area contributed by atoms with Crippen LogP contribution in [0.1, 0.15) is 16.7 Å². The van der Waals surface area contributed by atoms with Crippen molar-refractivity contribution in [2.45, 2.75) is 36.1 Å². The molecule has 7 nitrogen and oxygen atoms in total. The zero-order chi connectivity index (χ0) is 23.4. The number of benzene rings is 3. The van der Waals surface area contributed by atoms with Crippen LogP contribution in [0.5, 0.6) is 5.75 Å². The van der Waals surface area contributed by atoms with Gasteiger partial charge in [0.2, 0.25) is 20.0 Å². The molecular weight excluding hydrogens is 448 g/mol. The summed E-state index contributed by atoms with van der Waals surface area (Å²) in [5.41, 5.74) is 2.60. The van der Waals surface area contributed by atoms with E-state index in [1.54, 1.807) is 36.4 Å². The number of sulfonamides is 2. The van der Waals surface area contributed by atoms with Gasteiger partial charge in [0, 0.05) is 12.6 Å². The van der Waals surface area contributed by atoms with Gasteiger partial charge in [-0.3, -0.25) is 0 Å². The Morgan fingerprint density at radius 3 is 1.69 bits per heavy atom. The smallest absolute Gasteiger partial charge is 0.240 e. The summed E-state index contributed by atoms with van der Waals surface area (Å²) in [4.78, 5) is 0.202. The summed E-state index contributed by atoms with van der Waals surface area (Å²) in [6.45, 7) is 3.57. The molecule has 3 N–H and O–H groups in total. The fraction of sp³-hybridized carbons (Fsp3) is 0.217. The fourth-order valence-electron chi connectivity index (χ4n) is 3.09. The SMILES string of the molecule is Cc1ccc(S(=O)(=O)NC[C@H](Cc2ccc(O)cc2)NS(=O)(=O)c2ccc(C)cc2)cc1. The van der Waals surface area contributed by atoms with Crippen molar-refractivity contribution in [1.82, 2.24) is 9.44 Å². The summed E-state index contributed by atoms with van der Waals surface area (Å²) in [5, 5.41) is 9.50. The van der Waals surface area contributed by atoms with Crippen LogP contribution in [0.4, 0.5) is 0 Å². The van der Waals surface area contributed by atoms with Crippen LogP contribution in [0.3, 0.4) is 0 Å². The molecule has 0 spiro atoms. The Bertz CT molecular complexity index is 1250. The zero-order valence-corrected chi connectivity index (χ0v) is 19.4. The molecule has 32 heavy (non-hydrogen) atoms. The summed E-state index contributed by atoms with van der Waals surface area (Å²) >= 11 is 0. The van der Waals surface area contributed by atoms with E-state index < -0.39 is 26.1 Å². The van der Waals surface area contributed by atoms with E-state index in [9.17, 15) is 21.9 Å². The fourth-order valence-corrected chi connectivity index (χ4v) is 5.41. The molecule has 3 aromatic rings. The third kappa shape index (κ3) is 6.39. The summed E-state index contributed by atoms with van der Waals surface area (Å²) < 4.78 is 56.3. The zero-order valence-electron chi connectivity index (χ0n) is 17.8. The summed E-state index contributed by atoms with van der Waals surface area (Å²) in [6, 6.07) is 18.4. The second-order valence-electron chi connectivity index (χ2n) is 7.67. The van der Waals surface area contributed by atoms with Crippen LogP contribution in [-0.2, 0) is 26.5 Å². The van der Waals surface area contributed by atoms with Crippen molar-refractivity contribution < 1.29 is 21.9 Å². The third-order valence-corrected chi connectivity index (χ3v) is 7.90. The maximum atomic E-state index is 12.9. The molecule has 0 radical (unpaired) electrons. The normalized spacial score (nSPS) is 13.1. The molecule has 0 aliphatic heterocycles. The highest BCUT2D eigenvalue weighted by atomic mass is 32.2. The number of rotatable bonds is 9. The number of hydrogen-bond acceptors (Lipinski definition) is 5. The highest BCUT2D eigenvalue weighted by Crippen LogP contribution is 2.15. The van der Waals surface area contributed by atoms with Gasteiger partial charge in [-0.1, -0.05) is 47.5 Å². The minimum Gasteiger partial charge on any atom is -0.508 e. The molecule has 0 fully saturated rings. The molecule has 0 bridgehead atoms. The van der Waals surface area contributed by atoms with E-state index in [4.69, 9.17) is 0 Å². The Balaban J connectivity index is 1.82. The van der Waals surface area contributed by atoms with E-state index in [0.29, 0.717) is 0 Å². The van der Waals surface area contributed by atoms with Gasteiger partial charge in [-0.2, -0.15) is 0 Å². The number of aryl methyl sites for hydroxylation is 2. The van der Waals surface area contributed by atoms with E-state index in [1.165, 1.54) is 36.4 Å². The topological polar surface area (TPSA) is 113 Å². The molecule has 0 aliphatic rings. The van der Waals surface area contributed by atoms with E-state index in [1.807, 2.05) is 13.8 Å². The van der Waals surface area contributed by atoms with Crippen LogP contribution in [0, 0.1) is 13.8 Å². The molecule has 0 heterocycles. The highest BCUT2D eigenvalue weighted by molar-refractivity contribution is 7.90. The molecule has 0 unspecified atom stereocenters. The van der Waals surface area contributed by atoms with Crippen LogP contribution in [-0.4, -0.2) is 34.5 Å². The number of phenols is 1. The Morgan fingerprint density at radius 2 is 1.19 bits per heavy atom. The second kappa shape index (κ2) is 9.83. The molecular formula is C23H26N2O5S2. The summed E-state index contributed by atoms with van der Waals surface area (Å²) in [6.07, 6.45) is 0.224. The molecule has 170 valence electrons. The standard InChI is InChI=1S/C23H26N2O5S2/c1-17-3-11-22(12-4-17)31(27,28)24-16-20(15-19-7-9-21(26)10-8-19)25-32(29,30)23-13-5-18(2)6-14-23/h3-14,20,24-26H,15-16H2,1-2H3/t20-/m0/s1. The van der Waals surface area contributed by atoms with Gasteiger partial charge in [-0.25, -0.2) is 26.3 Å². The largest absolute Gasteiger partial charge is 0.508 e. The maximum Gasteiger partial charge on any atom is 0.240 e. The monoisotopic (exact) mass is 474 g/mol. The molecule has 0 saturated carbocycles. The van der Waals surface area contributed by atoms with Crippen molar-refractivity contribution in [2.24, 2.45) is 0 Å². The van der Waals surface area contributed by atoms with Crippen LogP contribution in [0.2, 0.25) is 0 Å². The minimum absolute atomic E-state index is 0.0885. The van der Waals surface area contributed by atoms with Crippen molar-refractivity contribution in [3.63, 3.8) is 0 Å². The predicted octanol–water partition coefficient (Wildman–Crippen LogP) is 2.88. The molecule has 0 aromatic heterocycles. The lowest BCUT2D eigenvalue weighted by molar-refractivity contribution is 0.474. The lowest BCUT2D eigenvalue weighted by Gasteiger charge is -2.20. The number of phenolic OH excluding ortho intramolecular Hbond substituents is 1. The number of aromatic hydroxyl groups is 1. The summed E-state index contributed by atoms with van der Waals surface area (Å²) in [5.74, 6) is 0.0885. The molecule has 3 rings (SSSR count).